The fourth-order valence-electron chi connectivity index (χ4n) is 3.95. The molecule has 1 heterocycles. The minimum atomic E-state index is 0.701. The summed E-state index contributed by atoms with van der Waals surface area (Å²) in [5, 5.41) is 1.51. The van der Waals surface area contributed by atoms with Crippen molar-refractivity contribution in [3.8, 4) is 0 Å². The SMILES string of the molecule is C[C@@H]1CC=Cc2c1sc1c(C3CCCCC3)cccc21. The minimum absolute atomic E-state index is 0.701. The summed E-state index contributed by atoms with van der Waals surface area (Å²) in [6, 6.07) is 7.01. The molecular formula is C19H22S. The molecule has 1 aromatic heterocycles. The van der Waals surface area contributed by atoms with Crippen LogP contribution in [0, 0.1) is 0 Å². The van der Waals surface area contributed by atoms with E-state index in [0.717, 1.165) is 5.92 Å². The van der Waals surface area contributed by atoms with Crippen molar-refractivity contribution in [3.63, 3.8) is 0 Å². The van der Waals surface area contributed by atoms with E-state index < -0.39 is 0 Å². The van der Waals surface area contributed by atoms with Crippen molar-refractivity contribution in [1.82, 2.24) is 0 Å². The topological polar surface area (TPSA) is 0 Å². The third kappa shape index (κ3) is 1.95. The van der Waals surface area contributed by atoms with E-state index in [1.807, 2.05) is 0 Å². The molecule has 1 aromatic carbocycles. The van der Waals surface area contributed by atoms with Gasteiger partial charge >= 0.3 is 0 Å². The van der Waals surface area contributed by atoms with E-state index in [9.17, 15) is 0 Å². The number of hydrogen-bond donors (Lipinski definition) is 0. The van der Waals surface area contributed by atoms with Crippen molar-refractivity contribution >= 4 is 27.5 Å². The van der Waals surface area contributed by atoms with Gasteiger partial charge in [-0.3, -0.25) is 0 Å². The largest absolute Gasteiger partial charge is 0.139 e. The number of fused-ring (bicyclic) bond motifs is 3. The van der Waals surface area contributed by atoms with Gasteiger partial charge in [-0.05, 0) is 42.2 Å². The Morgan fingerprint density at radius 2 is 1.95 bits per heavy atom. The third-order valence-corrected chi connectivity index (χ3v) is 6.58. The first-order valence-corrected chi connectivity index (χ1v) is 8.88. The van der Waals surface area contributed by atoms with Crippen LogP contribution in [0.1, 0.15) is 73.3 Å². The molecule has 2 aliphatic carbocycles. The number of allylic oxidation sites excluding steroid dienone is 1. The molecule has 2 aromatic rings. The van der Waals surface area contributed by atoms with Crippen molar-refractivity contribution in [3.05, 3.63) is 40.3 Å². The molecule has 1 saturated carbocycles. The Labute approximate surface area is 125 Å². The average molecular weight is 282 g/mol. The van der Waals surface area contributed by atoms with Gasteiger partial charge in [0.15, 0.2) is 0 Å². The zero-order chi connectivity index (χ0) is 13.5. The summed E-state index contributed by atoms with van der Waals surface area (Å²) >= 11 is 2.08. The Bertz CT molecular complexity index is 656. The molecule has 0 nitrogen and oxygen atoms in total. The Morgan fingerprint density at radius 3 is 2.80 bits per heavy atom. The molecule has 0 unspecified atom stereocenters. The van der Waals surface area contributed by atoms with Crippen LogP contribution in [0.5, 0.6) is 0 Å². The molecule has 0 spiro atoms. The molecule has 4 rings (SSSR count). The number of benzene rings is 1. The molecule has 0 N–H and O–H groups in total. The summed E-state index contributed by atoms with van der Waals surface area (Å²) in [6.45, 7) is 2.37. The smallest absolute Gasteiger partial charge is 0.0386 e. The highest BCUT2D eigenvalue weighted by molar-refractivity contribution is 7.19. The Balaban J connectivity index is 1.88. The second-order valence-corrected chi connectivity index (χ2v) is 7.53. The standard InChI is InChI=1S/C19H22S/c1-13-7-5-11-16-17-12-6-10-15(19(17)20-18(13)16)14-8-3-2-4-9-14/h5-6,10-14H,2-4,7-9H2,1H3/t13-/m1/s1. The first kappa shape index (κ1) is 12.6. The summed E-state index contributed by atoms with van der Waals surface area (Å²) < 4.78 is 1.59. The predicted octanol–water partition coefficient (Wildman–Crippen LogP) is 6.47. The number of rotatable bonds is 1. The normalized spacial score (nSPS) is 23.1. The highest BCUT2D eigenvalue weighted by Crippen LogP contribution is 2.45. The van der Waals surface area contributed by atoms with E-state index in [0.29, 0.717) is 5.92 Å². The molecule has 2 aliphatic rings. The lowest BCUT2D eigenvalue weighted by molar-refractivity contribution is 0.446. The van der Waals surface area contributed by atoms with Crippen LogP contribution >= 0.6 is 11.3 Å². The molecule has 1 fully saturated rings. The molecule has 104 valence electrons. The first-order valence-electron chi connectivity index (χ1n) is 8.06. The van der Waals surface area contributed by atoms with Crippen LogP contribution in [0.4, 0.5) is 0 Å². The summed E-state index contributed by atoms with van der Waals surface area (Å²) in [5.74, 6) is 1.51. The van der Waals surface area contributed by atoms with Gasteiger partial charge in [0.05, 0.1) is 0 Å². The van der Waals surface area contributed by atoms with Crippen LogP contribution in [0.15, 0.2) is 24.3 Å². The maximum Gasteiger partial charge on any atom is 0.0386 e. The Kier molecular flexibility index (Phi) is 3.18. The van der Waals surface area contributed by atoms with Crippen LogP contribution in [0.2, 0.25) is 0 Å². The minimum Gasteiger partial charge on any atom is -0.139 e. The predicted molar refractivity (Wildman–Crippen MR) is 89.7 cm³/mol. The highest BCUT2D eigenvalue weighted by atomic mass is 32.1. The van der Waals surface area contributed by atoms with E-state index in [2.05, 4.69) is 48.6 Å². The Morgan fingerprint density at radius 1 is 1.10 bits per heavy atom. The van der Waals surface area contributed by atoms with Gasteiger partial charge in [0.2, 0.25) is 0 Å². The van der Waals surface area contributed by atoms with E-state index in [4.69, 9.17) is 0 Å². The van der Waals surface area contributed by atoms with Gasteiger partial charge < -0.3 is 0 Å². The number of hydrogen-bond acceptors (Lipinski definition) is 1. The number of thiophene rings is 1. The first-order chi connectivity index (χ1) is 9.84. The Hall–Kier alpha value is -1.08. The quantitative estimate of drug-likeness (QED) is 0.562. The highest BCUT2D eigenvalue weighted by Gasteiger charge is 2.23. The molecule has 0 saturated heterocycles. The van der Waals surface area contributed by atoms with Crippen molar-refractivity contribution in [2.24, 2.45) is 0 Å². The van der Waals surface area contributed by atoms with Gasteiger partial charge in [-0.1, -0.05) is 56.5 Å². The zero-order valence-electron chi connectivity index (χ0n) is 12.2. The van der Waals surface area contributed by atoms with Gasteiger partial charge in [-0.25, -0.2) is 0 Å². The van der Waals surface area contributed by atoms with Crippen LogP contribution in [0.25, 0.3) is 16.2 Å². The lowest BCUT2D eigenvalue weighted by Gasteiger charge is -2.22. The molecule has 20 heavy (non-hydrogen) atoms. The van der Waals surface area contributed by atoms with Gasteiger partial charge in [0, 0.05) is 15.0 Å². The summed E-state index contributed by atoms with van der Waals surface area (Å²) in [4.78, 5) is 1.62. The van der Waals surface area contributed by atoms with Crippen LogP contribution in [-0.2, 0) is 0 Å². The molecule has 0 radical (unpaired) electrons. The molecule has 1 atom stereocenters. The summed E-state index contributed by atoms with van der Waals surface area (Å²) in [7, 11) is 0. The van der Waals surface area contributed by atoms with Crippen LogP contribution in [0.3, 0.4) is 0 Å². The van der Waals surface area contributed by atoms with E-state index >= 15 is 0 Å². The molecule has 0 bridgehead atoms. The van der Waals surface area contributed by atoms with Gasteiger partial charge in [-0.2, -0.15) is 0 Å². The monoisotopic (exact) mass is 282 g/mol. The second-order valence-electron chi connectivity index (χ2n) is 6.48. The zero-order valence-corrected chi connectivity index (χ0v) is 13.0. The van der Waals surface area contributed by atoms with Crippen molar-refractivity contribution in [2.45, 2.75) is 57.3 Å². The fourth-order valence-corrected chi connectivity index (χ4v) is 5.39. The van der Waals surface area contributed by atoms with E-state index in [1.165, 1.54) is 49.5 Å². The summed E-state index contributed by atoms with van der Waals surface area (Å²) in [6.07, 6.45) is 13.0. The molecular weight excluding hydrogens is 260 g/mol. The lowest BCUT2D eigenvalue weighted by Crippen LogP contribution is -2.04. The van der Waals surface area contributed by atoms with E-state index in [1.54, 1.807) is 15.1 Å². The average Bonchev–Trinajstić information content (AvgIpc) is 2.88. The van der Waals surface area contributed by atoms with Crippen molar-refractivity contribution in [1.29, 1.82) is 0 Å². The second kappa shape index (κ2) is 5.04. The maximum absolute atomic E-state index is 2.40. The summed E-state index contributed by atoms with van der Waals surface area (Å²) in [5.41, 5.74) is 3.16. The third-order valence-electron chi connectivity index (χ3n) is 5.08. The fraction of sp³-hybridized carbons (Fsp3) is 0.474. The van der Waals surface area contributed by atoms with Gasteiger partial charge in [-0.15, -0.1) is 11.3 Å². The van der Waals surface area contributed by atoms with Crippen LogP contribution < -0.4 is 0 Å². The molecule has 0 amide bonds. The van der Waals surface area contributed by atoms with Crippen LogP contribution in [-0.4, -0.2) is 0 Å². The van der Waals surface area contributed by atoms with Crippen molar-refractivity contribution < 1.29 is 0 Å². The van der Waals surface area contributed by atoms with Crippen molar-refractivity contribution in [2.75, 3.05) is 0 Å². The van der Waals surface area contributed by atoms with E-state index in [-0.39, 0.29) is 0 Å². The molecule has 1 heteroatoms. The van der Waals surface area contributed by atoms with Gasteiger partial charge in [0.25, 0.3) is 0 Å². The lowest BCUT2D eigenvalue weighted by atomic mass is 9.83. The molecule has 0 aliphatic heterocycles. The maximum atomic E-state index is 2.40. The van der Waals surface area contributed by atoms with Gasteiger partial charge in [0.1, 0.15) is 0 Å².